The number of H-pyrrole nitrogens is 1. The van der Waals surface area contributed by atoms with E-state index in [1.54, 1.807) is 57.3 Å². The first-order valence-electron chi connectivity index (χ1n) is 17.9. The first-order valence-corrected chi connectivity index (χ1v) is 17.9. The van der Waals surface area contributed by atoms with Gasteiger partial charge in [-0.3, -0.25) is 34.1 Å². The van der Waals surface area contributed by atoms with E-state index in [9.17, 15) is 44.0 Å². The van der Waals surface area contributed by atoms with Crippen LogP contribution in [0.25, 0.3) is 21.7 Å². The number of aromatic amines is 1. The molecule has 0 fully saturated rings. The third-order valence-corrected chi connectivity index (χ3v) is 8.88. The summed E-state index contributed by atoms with van der Waals surface area (Å²) < 4.78 is 5.40. The number of alkyl carbamates (subject to hydrolysis) is 1. The van der Waals surface area contributed by atoms with Gasteiger partial charge in [0.1, 0.15) is 17.7 Å². The van der Waals surface area contributed by atoms with E-state index in [1.807, 2.05) is 36.4 Å². The monoisotopic (exact) mass is 778 g/mol. The Hall–Kier alpha value is -6.94. The van der Waals surface area contributed by atoms with E-state index in [2.05, 4.69) is 15.6 Å². The van der Waals surface area contributed by atoms with Crippen molar-refractivity contribution >= 4 is 63.1 Å². The van der Waals surface area contributed by atoms with Gasteiger partial charge in [-0.05, 0) is 60.7 Å². The summed E-state index contributed by atoms with van der Waals surface area (Å²) in [5.41, 5.74) is 7.02. The molecule has 16 nitrogen and oxygen atoms in total. The second-order valence-electron chi connectivity index (χ2n) is 14.4. The molecule has 296 valence electrons. The average molecular weight is 779 g/mol. The maximum absolute atomic E-state index is 14.6. The minimum absolute atomic E-state index is 0.00112. The molecular weight excluding hydrogens is 736 g/mol. The molecule has 0 radical (unpaired) electrons. The highest BCUT2D eigenvalue weighted by Gasteiger charge is 2.40. The Bertz CT molecular complexity index is 2330. The van der Waals surface area contributed by atoms with Crippen LogP contribution < -0.4 is 16.4 Å². The molecule has 0 aliphatic rings. The van der Waals surface area contributed by atoms with E-state index in [0.717, 1.165) is 22.9 Å². The number of imide groups is 3. The van der Waals surface area contributed by atoms with Crippen LogP contribution in [0, 0.1) is 10.1 Å². The quantitative estimate of drug-likeness (QED) is 0.0785. The third-order valence-electron chi connectivity index (χ3n) is 8.88. The van der Waals surface area contributed by atoms with Crippen LogP contribution >= 0.6 is 0 Å². The van der Waals surface area contributed by atoms with E-state index >= 15 is 0 Å². The number of hydrogen-bond donors (Lipinski definition) is 5. The van der Waals surface area contributed by atoms with Crippen molar-refractivity contribution in [3.8, 4) is 0 Å². The largest absolute Gasteiger partial charge is 0.481 e. The molecule has 6 N–H and O–H groups in total. The number of carboxylic acids is 1. The van der Waals surface area contributed by atoms with Crippen molar-refractivity contribution < 1.29 is 43.5 Å². The van der Waals surface area contributed by atoms with Gasteiger partial charge in [0.2, 0.25) is 11.8 Å². The number of hydrogen-bond acceptors (Lipinski definition) is 10. The molecule has 1 heterocycles. The lowest BCUT2D eigenvalue weighted by Gasteiger charge is -2.29. The smallest absolute Gasteiger partial charge is 0.408 e. The van der Waals surface area contributed by atoms with E-state index < -0.39 is 77.2 Å². The highest BCUT2D eigenvalue weighted by molar-refractivity contribution is 6.15. The van der Waals surface area contributed by atoms with Crippen LogP contribution in [0.2, 0.25) is 0 Å². The van der Waals surface area contributed by atoms with Crippen molar-refractivity contribution in [3.63, 3.8) is 0 Å². The highest BCUT2D eigenvalue weighted by Crippen LogP contribution is 2.22. The van der Waals surface area contributed by atoms with Crippen LogP contribution in [-0.4, -0.2) is 79.3 Å². The molecule has 57 heavy (non-hydrogen) atoms. The summed E-state index contributed by atoms with van der Waals surface area (Å²) >= 11 is 0. The number of nitro groups is 1. The Morgan fingerprint density at radius 1 is 0.842 bits per heavy atom. The molecule has 4 aromatic carbocycles. The van der Waals surface area contributed by atoms with Crippen molar-refractivity contribution in [2.75, 3.05) is 0 Å². The Morgan fingerprint density at radius 3 is 2.14 bits per heavy atom. The number of ether oxygens (including phenoxy) is 1. The first-order chi connectivity index (χ1) is 27.0. The fourth-order valence-corrected chi connectivity index (χ4v) is 6.19. The average Bonchev–Trinajstić information content (AvgIpc) is 3.56. The van der Waals surface area contributed by atoms with Crippen molar-refractivity contribution in [2.24, 2.45) is 5.73 Å². The molecule has 3 atom stereocenters. The number of amides is 5. The molecule has 0 aliphatic carbocycles. The molecule has 0 spiro atoms. The summed E-state index contributed by atoms with van der Waals surface area (Å²) in [5.74, 6) is -6.31. The van der Waals surface area contributed by atoms with Gasteiger partial charge in [-0.1, -0.05) is 72.8 Å². The maximum Gasteiger partial charge on any atom is 0.408 e. The van der Waals surface area contributed by atoms with E-state index in [0.29, 0.717) is 22.0 Å². The fourth-order valence-electron chi connectivity index (χ4n) is 6.19. The Morgan fingerprint density at radius 2 is 1.47 bits per heavy atom. The van der Waals surface area contributed by atoms with Crippen LogP contribution in [0.1, 0.15) is 43.9 Å². The zero-order valence-electron chi connectivity index (χ0n) is 31.4. The lowest BCUT2D eigenvalue weighted by molar-refractivity contribution is -0.384. The van der Waals surface area contributed by atoms with Gasteiger partial charge in [0.15, 0.2) is 0 Å². The molecule has 5 aromatic rings. The Balaban J connectivity index is 1.49. The number of fused-ring (bicyclic) bond motifs is 2. The number of nitrogens with one attached hydrogen (secondary N) is 3. The van der Waals surface area contributed by atoms with Crippen LogP contribution in [0.3, 0.4) is 0 Å². The minimum Gasteiger partial charge on any atom is -0.481 e. The second kappa shape index (κ2) is 17.7. The lowest BCUT2D eigenvalue weighted by atomic mass is 10.0. The number of rotatable bonds is 14. The first kappa shape index (κ1) is 41.2. The van der Waals surface area contributed by atoms with Gasteiger partial charge in [-0.2, -0.15) is 0 Å². The Kier molecular flexibility index (Phi) is 12.8. The van der Waals surface area contributed by atoms with Gasteiger partial charge in [0.05, 0.1) is 23.8 Å². The molecule has 1 aromatic heterocycles. The number of carbonyl (C=O) groups is 6. The fraction of sp³-hybridized carbons (Fsp3) is 0.268. The summed E-state index contributed by atoms with van der Waals surface area (Å²) in [6.07, 6.45) is -1.42. The second-order valence-corrected chi connectivity index (χ2v) is 14.4. The summed E-state index contributed by atoms with van der Waals surface area (Å²) in [4.78, 5) is 95.8. The predicted octanol–water partition coefficient (Wildman–Crippen LogP) is 4.32. The molecule has 0 aliphatic heterocycles. The summed E-state index contributed by atoms with van der Waals surface area (Å²) in [6, 6.07) is 20.0. The molecule has 0 saturated carbocycles. The summed E-state index contributed by atoms with van der Waals surface area (Å²) in [7, 11) is 0. The molecule has 0 bridgehead atoms. The summed E-state index contributed by atoms with van der Waals surface area (Å²) in [5, 5.41) is 28.4. The zero-order valence-corrected chi connectivity index (χ0v) is 31.4. The molecule has 5 amide bonds. The number of aliphatic carboxylic acids is 1. The number of nitrogens with two attached hydrogens (primary N) is 1. The number of nitro benzene ring substituents is 1. The standard InChI is InChI=1S/C41H42N6O10/c1-41(2,3)57-40(54)45-33(21-28-23-43-32-11-7-6-10-30(28)32)38(52)46(35(48)20-24-13-16-29(17-14-24)47(55)56)39(53)34(22-36(49)50)44-37(51)31(42)19-25-12-15-26-8-4-5-9-27(26)18-25/h4-18,23,31,33-34,43H,19-22,42H2,1-3H3,(H,44,51)(H,45,54)(H,49,50)/t31-,33-,34-/m0/s1. The SMILES string of the molecule is CC(C)(C)OC(=O)N[C@@H](Cc1c[nH]c2ccccc12)C(=O)N(C(=O)Cc1ccc([N+](=O)[O-])cc1)C(=O)[C@H](CC(=O)O)NC(=O)[C@@H](N)Cc1ccc2ccccc2c1. The minimum atomic E-state index is -1.97. The number of carbonyl (C=O) groups excluding carboxylic acids is 5. The molecule has 0 unspecified atom stereocenters. The van der Waals surface area contributed by atoms with Crippen LogP contribution in [0.4, 0.5) is 10.5 Å². The van der Waals surface area contributed by atoms with E-state index in [-0.39, 0.29) is 29.0 Å². The van der Waals surface area contributed by atoms with Gasteiger partial charge >= 0.3 is 12.1 Å². The van der Waals surface area contributed by atoms with Crippen LogP contribution in [0.15, 0.2) is 97.2 Å². The zero-order chi connectivity index (χ0) is 41.4. The van der Waals surface area contributed by atoms with Crippen molar-refractivity contribution in [1.82, 2.24) is 20.5 Å². The number of para-hydroxylation sites is 1. The van der Waals surface area contributed by atoms with Crippen LogP contribution in [-0.2, 0) is 48.0 Å². The lowest BCUT2D eigenvalue weighted by Crippen LogP contribution is -2.60. The highest BCUT2D eigenvalue weighted by atomic mass is 16.6. The van der Waals surface area contributed by atoms with E-state index in [4.69, 9.17) is 10.5 Å². The number of nitrogens with zero attached hydrogens (tertiary/aromatic N) is 2. The van der Waals surface area contributed by atoms with Crippen LogP contribution in [0.5, 0.6) is 0 Å². The van der Waals surface area contributed by atoms with Crippen molar-refractivity contribution in [2.45, 2.75) is 70.2 Å². The van der Waals surface area contributed by atoms with Crippen molar-refractivity contribution in [1.29, 1.82) is 0 Å². The van der Waals surface area contributed by atoms with Gasteiger partial charge in [-0.15, -0.1) is 0 Å². The van der Waals surface area contributed by atoms with Gasteiger partial charge in [0, 0.05) is 35.7 Å². The van der Waals surface area contributed by atoms with Crippen molar-refractivity contribution in [3.05, 3.63) is 124 Å². The van der Waals surface area contributed by atoms with Gasteiger partial charge in [-0.25, -0.2) is 9.69 Å². The molecule has 0 saturated heterocycles. The third kappa shape index (κ3) is 10.9. The number of benzene rings is 4. The summed E-state index contributed by atoms with van der Waals surface area (Å²) in [6.45, 7) is 4.78. The number of non-ortho nitro benzene ring substituents is 1. The topological polar surface area (TPSA) is 244 Å². The molecular formula is C41H42N6O10. The molecule has 16 heteroatoms. The molecule has 5 rings (SSSR count). The van der Waals surface area contributed by atoms with Gasteiger partial charge in [0.25, 0.3) is 17.5 Å². The normalized spacial score (nSPS) is 12.9. The van der Waals surface area contributed by atoms with E-state index in [1.165, 1.54) is 12.1 Å². The predicted molar refractivity (Wildman–Crippen MR) is 209 cm³/mol. The number of carboxylic acid groups (broad SMARTS) is 1. The maximum atomic E-state index is 14.6. The van der Waals surface area contributed by atoms with Gasteiger partial charge < -0.3 is 31.2 Å². The number of aromatic nitrogens is 1. The Labute approximate surface area is 326 Å².